The van der Waals surface area contributed by atoms with Crippen LogP contribution < -0.4 is 5.73 Å². The van der Waals surface area contributed by atoms with Crippen molar-refractivity contribution in [3.63, 3.8) is 0 Å². The highest BCUT2D eigenvalue weighted by Gasteiger charge is 2.27. The van der Waals surface area contributed by atoms with Crippen molar-refractivity contribution < 1.29 is 9.90 Å². The second-order valence-corrected chi connectivity index (χ2v) is 4.15. The van der Waals surface area contributed by atoms with Crippen LogP contribution in [-0.2, 0) is 0 Å². The molecule has 0 bridgehead atoms. The van der Waals surface area contributed by atoms with Gasteiger partial charge in [0.15, 0.2) is 11.9 Å². The van der Waals surface area contributed by atoms with Crippen LogP contribution in [0, 0.1) is 0 Å². The molecular weight excluding hydrogens is 274 g/mol. The standard InChI is InChI=1S/C12H9N7O2/c13-9-8-10(15-5-14-9)17-12(16-8)19-18-7-3-1-6(2-4-7)11(20)21/h1-5,8H,(H,20,21)(H2,13,14,15,16,17). The van der Waals surface area contributed by atoms with E-state index >= 15 is 0 Å². The van der Waals surface area contributed by atoms with Crippen LogP contribution in [-0.4, -0.2) is 41.1 Å². The molecular formula is C12H9N7O2. The van der Waals surface area contributed by atoms with E-state index in [-0.39, 0.29) is 11.5 Å². The van der Waals surface area contributed by atoms with Crippen LogP contribution in [0.25, 0.3) is 0 Å². The summed E-state index contributed by atoms with van der Waals surface area (Å²) in [6, 6.07) is 5.45. The van der Waals surface area contributed by atoms with E-state index in [0.717, 1.165) is 0 Å². The number of aliphatic imine (C=N–C) groups is 4. The average Bonchev–Trinajstić information content (AvgIpc) is 2.90. The molecule has 9 nitrogen and oxygen atoms in total. The first-order chi connectivity index (χ1) is 10.1. The Morgan fingerprint density at radius 3 is 2.67 bits per heavy atom. The van der Waals surface area contributed by atoms with Gasteiger partial charge >= 0.3 is 5.97 Å². The summed E-state index contributed by atoms with van der Waals surface area (Å²) < 4.78 is 0. The van der Waals surface area contributed by atoms with Crippen molar-refractivity contribution in [1.29, 1.82) is 0 Å². The molecule has 0 fully saturated rings. The molecule has 0 saturated heterocycles. The number of guanidine groups is 1. The summed E-state index contributed by atoms with van der Waals surface area (Å²) in [5.41, 5.74) is 6.34. The average molecular weight is 283 g/mol. The molecule has 0 saturated carbocycles. The quantitative estimate of drug-likeness (QED) is 0.783. The predicted molar refractivity (Wildman–Crippen MR) is 76.7 cm³/mol. The number of nitrogens with zero attached hydrogens (tertiary/aromatic N) is 6. The second kappa shape index (κ2) is 5.04. The summed E-state index contributed by atoms with van der Waals surface area (Å²) in [4.78, 5) is 26.7. The molecule has 104 valence electrons. The number of nitrogens with two attached hydrogens (primary N) is 1. The Hall–Kier alpha value is -3.23. The van der Waals surface area contributed by atoms with E-state index in [1.54, 1.807) is 0 Å². The molecule has 0 aliphatic carbocycles. The van der Waals surface area contributed by atoms with E-state index < -0.39 is 12.0 Å². The Balaban J connectivity index is 1.77. The lowest BCUT2D eigenvalue weighted by Gasteiger charge is -2.07. The van der Waals surface area contributed by atoms with Crippen molar-refractivity contribution in [3.8, 4) is 0 Å². The van der Waals surface area contributed by atoms with Crippen molar-refractivity contribution in [2.75, 3.05) is 0 Å². The van der Waals surface area contributed by atoms with E-state index in [2.05, 4.69) is 30.2 Å². The summed E-state index contributed by atoms with van der Waals surface area (Å²) in [6.45, 7) is 0. The first-order valence-electron chi connectivity index (χ1n) is 5.90. The number of benzene rings is 1. The first-order valence-corrected chi connectivity index (χ1v) is 5.90. The molecule has 1 unspecified atom stereocenters. The molecule has 2 aliphatic heterocycles. The van der Waals surface area contributed by atoms with Crippen LogP contribution in [0.2, 0.25) is 0 Å². The SMILES string of the molecule is NC1=NC=NC2=NC(N=Nc3ccc(C(=O)O)cc3)=NC12. The van der Waals surface area contributed by atoms with E-state index in [1.165, 1.54) is 30.6 Å². The molecule has 2 heterocycles. The second-order valence-electron chi connectivity index (χ2n) is 4.15. The summed E-state index contributed by atoms with van der Waals surface area (Å²) in [7, 11) is 0. The molecule has 0 amide bonds. The molecule has 1 atom stereocenters. The number of carboxylic acids is 1. The third-order valence-electron chi connectivity index (χ3n) is 2.75. The van der Waals surface area contributed by atoms with Crippen molar-refractivity contribution >= 4 is 35.6 Å². The number of carbonyl (C=O) groups is 1. The normalized spacial score (nSPS) is 20.0. The fourth-order valence-electron chi connectivity index (χ4n) is 1.71. The largest absolute Gasteiger partial charge is 0.478 e. The molecule has 3 rings (SSSR count). The number of rotatable bonds is 2. The van der Waals surface area contributed by atoms with Gasteiger partial charge in [-0.25, -0.2) is 19.8 Å². The Kier molecular flexibility index (Phi) is 3.07. The summed E-state index contributed by atoms with van der Waals surface area (Å²) in [5.74, 6) is -0.117. The molecule has 3 N–H and O–H groups in total. The van der Waals surface area contributed by atoms with Crippen molar-refractivity contribution in [1.82, 2.24) is 0 Å². The van der Waals surface area contributed by atoms with Gasteiger partial charge in [0, 0.05) is 0 Å². The predicted octanol–water partition coefficient (Wildman–Crippen LogP) is 1.00. The number of carboxylic acid groups (broad SMARTS) is 1. The lowest BCUT2D eigenvalue weighted by atomic mass is 10.2. The van der Waals surface area contributed by atoms with Crippen LogP contribution >= 0.6 is 0 Å². The molecule has 1 aromatic carbocycles. The smallest absolute Gasteiger partial charge is 0.335 e. The van der Waals surface area contributed by atoms with E-state index in [0.29, 0.717) is 17.4 Å². The third-order valence-corrected chi connectivity index (χ3v) is 2.75. The van der Waals surface area contributed by atoms with Gasteiger partial charge < -0.3 is 10.8 Å². The minimum Gasteiger partial charge on any atom is -0.478 e. The zero-order valence-electron chi connectivity index (χ0n) is 10.6. The molecule has 9 heteroatoms. The third kappa shape index (κ3) is 2.56. The number of azo groups is 1. The van der Waals surface area contributed by atoms with Crippen LogP contribution in [0.1, 0.15) is 10.4 Å². The van der Waals surface area contributed by atoms with Gasteiger partial charge in [-0.15, -0.1) is 10.2 Å². The number of amidine groups is 2. The number of hydrogen-bond acceptors (Lipinski definition) is 8. The van der Waals surface area contributed by atoms with Gasteiger partial charge in [0.2, 0.25) is 0 Å². The van der Waals surface area contributed by atoms with Gasteiger partial charge in [-0.1, -0.05) is 0 Å². The van der Waals surface area contributed by atoms with Crippen molar-refractivity contribution in [3.05, 3.63) is 29.8 Å². The van der Waals surface area contributed by atoms with Gasteiger partial charge in [-0.05, 0) is 24.3 Å². The number of aromatic carboxylic acids is 1. The number of fused-ring (bicyclic) bond motifs is 1. The van der Waals surface area contributed by atoms with Crippen LogP contribution in [0.4, 0.5) is 5.69 Å². The highest BCUT2D eigenvalue weighted by atomic mass is 16.4. The molecule has 1 aromatic rings. The fraction of sp³-hybridized carbons (Fsp3) is 0.0833. The van der Waals surface area contributed by atoms with Crippen LogP contribution in [0.3, 0.4) is 0 Å². The zero-order valence-corrected chi connectivity index (χ0v) is 10.6. The minimum atomic E-state index is -0.998. The Morgan fingerprint density at radius 2 is 2.00 bits per heavy atom. The maximum atomic E-state index is 10.7. The van der Waals surface area contributed by atoms with Crippen molar-refractivity contribution in [2.45, 2.75) is 6.04 Å². The molecule has 0 spiro atoms. The van der Waals surface area contributed by atoms with Gasteiger partial charge in [0.05, 0.1) is 11.3 Å². The number of hydrogen-bond donors (Lipinski definition) is 2. The molecule has 0 radical (unpaired) electrons. The highest BCUT2D eigenvalue weighted by Crippen LogP contribution is 2.16. The molecule has 21 heavy (non-hydrogen) atoms. The summed E-state index contributed by atoms with van der Waals surface area (Å²) >= 11 is 0. The summed E-state index contributed by atoms with van der Waals surface area (Å²) in [5, 5.41) is 16.6. The monoisotopic (exact) mass is 283 g/mol. The van der Waals surface area contributed by atoms with Gasteiger partial charge in [0.25, 0.3) is 5.96 Å². The lowest BCUT2D eigenvalue weighted by molar-refractivity contribution is 0.0697. The van der Waals surface area contributed by atoms with Crippen LogP contribution in [0.15, 0.2) is 54.5 Å². The fourth-order valence-corrected chi connectivity index (χ4v) is 1.71. The highest BCUT2D eigenvalue weighted by molar-refractivity contribution is 6.21. The maximum Gasteiger partial charge on any atom is 0.335 e. The van der Waals surface area contributed by atoms with E-state index in [1.807, 2.05) is 0 Å². The molecule has 2 aliphatic rings. The maximum absolute atomic E-state index is 10.7. The summed E-state index contributed by atoms with van der Waals surface area (Å²) in [6.07, 6.45) is 1.31. The Bertz CT molecular complexity index is 743. The first kappa shape index (κ1) is 12.8. The van der Waals surface area contributed by atoms with Crippen LogP contribution in [0.5, 0.6) is 0 Å². The van der Waals surface area contributed by atoms with Gasteiger partial charge in [0.1, 0.15) is 12.2 Å². The molecule has 0 aromatic heterocycles. The van der Waals surface area contributed by atoms with Gasteiger partial charge in [-0.2, -0.15) is 4.99 Å². The lowest BCUT2D eigenvalue weighted by Crippen LogP contribution is -2.34. The topological polar surface area (TPSA) is 137 Å². The zero-order chi connectivity index (χ0) is 14.8. The van der Waals surface area contributed by atoms with E-state index in [4.69, 9.17) is 10.8 Å². The van der Waals surface area contributed by atoms with Crippen molar-refractivity contribution in [2.24, 2.45) is 35.9 Å². The minimum absolute atomic E-state index is 0.148. The van der Waals surface area contributed by atoms with Gasteiger partial charge in [-0.3, -0.25) is 0 Å². The van der Waals surface area contributed by atoms with E-state index in [9.17, 15) is 4.79 Å². The Labute approximate surface area is 118 Å². The Morgan fingerprint density at radius 1 is 1.24 bits per heavy atom.